The highest BCUT2D eigenvalue weighted by atomic mass is 16.6. The van der Waals surface area contributed by atoms with Crippen LogP contribution in [-0.2, 0) is 0 Å². The standard InChI is InChI=1S/C4H4N4O2/c1-2-3-4(8(9)10)6-7-5-3/h2H,1H2,(H,5,6,7). The minimum absolute atomic E-state index is 0.157. The molecule has 0 saturated carbocycles. The van der Waals surface area contributed by atoms with Crippen LogP contribution in [0.15, 0.2) is 6.58 Å². The molecule has 0 aromatic carbocycles. The molecule has 10 heavy (non-hydrogen) atoms. The van der Waals surface area contributed by atoms with E-state index in [1.165, 1.54) is 6.08 Å². The van der Waals surface area contributed by atoms with Crippen LogP contribution in [0.25, 0.3) is 6.08 Å². The fourth-order valence-electron chi connectivity index (χ4n) is 0.505. The number of hydrogen-bond acceptors (Lipinski definition) is 4. The molecule has 1 rings (SSSR count). The van der Waals surface area contributed by atoms with Crippen molar-refractivity contribution < 1.29 is 4.92 Å². The summed E-state index contributed by atoms with van der Waals surface area (Å²) in [6.45, 7) is 3.32. The smallest absolute Gasteiger partial charge is 0.358 e. The van der Waals surface area contributed by atoms with E-state index >= 15 is 0 Å². The lowest BCUT2D eigenvalue weighted by Gasteiger charge is -1.84. The van der Waals surface area contributed by atoms with Gasteiger partial charge in [-0.2, -0.15) is 0 Å². The van der Waals surface area contributed by atoms with Crippen LogP contribution in [0.1, 0.15) is 5.69 Å². The molecule has 0 fully saturated rings. The van der Waals surface area contributed by atoms with Gasteiger partial charge in [0.1, 0.15) is 0 Å². The number of nitrogens with zero attached hydrogens (tertiary/aromatic N) is 3. The van der Waals surface area contributed by atoms with E-state index in [0.29, 0.717) is 0 Å². The molecule has 0 atom stereocenters. The van der Waals surface area contributed by atoms with Crippen molar-refractivity contribution in [2.45, 2.75) is 0 Å². The number of H-pyrrole nitrogens is 1. The molecule has 0 aliphatic heterocycles. The van der Waals surface area contributed by atoms with Crippen molar-refractivity contribution in [1.29, 1.82) is 0 Å². The second kappa shape index (κ2) is 2.26. The maximum Gasteiger partial charge on any atom is 0.417 e. The van der Waals surface area contributed by atoms with Crippen molar-refractivity contribution in [1.82, 2.24) is 15.4 Å². The van der Waals surface area contributed by atoms with Crippen molar-refractivity contribution in [2.24, 2.45) is 0 Å². The summed E-state index contributed by atoms with van der Waals surface area (Å²) < 4.78 is 0. The number of aromatic nitrogens is 3. The summed E-state index contributed by atoms with van der Waals surface area (Å²) in [6, 6.07) is 0. The fraction of sp³-hybridized carbons (Fsp3) is 0. The lowest BCUT2D eigenvalue weighted by atomic mass is 10.4. The molecular weight excluding hydrogens is 136 g/mol. The first kappa shape index (κ1) is 6.40. The third kappa shape index (κ3) is 0.859. The van der Waals surface area contributed by atoms with E-state index in [9.17, 15) is 10.1 Å². The van der Waals surface area contributed by atoms with Crippen LogP contribution in [0.2, 0.25) is 0 Å². The Labute approximate surface area is 55.7 Å². The fourth-order valence-corrected chi connectivity index (χ4v) is 0.505. The molecule has 1 aromatic rings. The van der Waals surface area contributed by atoms with Crippen LogP contribution in [0.3, 0.4) is 0 Å². The van der Waals surface area contributed by atoms with Crippen molar-refractivity contribution in [3.05, 3.63) is 22.4 Å². The van der Waals surface area contributed by atoms with Gasteiger partial charge in [0, 0.05) is 0 Å². The number of aromatic amines is 1. The Morgan fingerprint density at radius 2 is 2.40 bits per heavy atom. The van der Waals surface area contributed by atoms with Crippen LogP contribution in [0.5, 0.6) is 0 Å². The van der Waals surface area contributed by atoms with Crippen LogP contribution in [0, 0.1) is 10.1 Å². The van der Waals surface area contributed by atoms with E-state index in [1.807, 2.05) is 0 Å². The monoisotopic (exact) mass is 140 g/mol. The minimum Gasteiger partial charge on any atom is -0.358 e. The average Bonchev–Trinajstić information content (AvgIpc) is 2.33. The molecule has 0 amide bonds. The molecule has 0 unspecified atom stereocenters. The summed E-state index contributed by atoms with van der Waals surface area (Å²) in [5.74, 6) is -0.296. The normalized spacial score (nSPS) is 9.20. The molecule has 1 N–H and O–H groups in total. The number of nitrogens with one attached hydrogen (secondary N) is 1. The van der Waals surface area contributed by atoms with Gasteiger partial charge in [0.15, 0.2) is 5.69 Å². The summed E-state index contributed by atoms with van der Waals surface area (Å²) in [7, 11) is 0. The van der Waals surface area contributed by atoms with Crippen molar-refractivity contribution in [2.75, 3.05) is 0 Å². The van der Waals surface area contributed by atoms with Gasteiger partial charge in [-0.3, -0.25) is 0 Å². The van der Waals surface area contributed by atoms with E-state index in [2.05, 4.69) is 22.0 Å². The molecule has 0 saturated heterocycles. The van der Waals surface area contributed by atoms with Gasteiger partial charge in [-0.15, -0.1) is 10.3 Å². The molecule has 0 aliphatic rings. The van der Waals surface area contributed by atoms with Crippen LogP contribution >= 0.6 is 0 Å². The molecule has 6 heteroatoms. The number of rotatable bonds is 2. The maximum absolute atomic E-state index is 10.1. The molecule has 6 nitrogen and oxygen atoms in total. The first-order valence-electron chi connectivity index (χ1n) is 2.43. The van der Waals surface area contributed by atoms with Crippen molar-refractivity contribution in [3.63, 3.8) is 0 Å². The number of hydrogen-bond donors (Lipinski definition) is 1. The van der Waals surface area contributed by atoms with Crippen molar-refractivity contribution >= 4 is 11.9 Å². The van der Waals surface area contributed by atoms with Gasteiger partial charge in [0.05, 0.1) is 5.10 Å². The summed E-state index contributed by atoms with van der Waals surface area (Å²) in [4.78, 5) is 9.45. The Morgan fingerprint density at radius 3 is 2.80 bits per heavy atom. The van der Waals surface area contributed by atoms with Gasteiger partial charge in [-0.1, -0.05) is 6.58 Å². The molecule has 0 aliphatic carbocycles. The Morgan fingerprint density at radius 1 is 1.70 bits per heavy atom. The Balaban J connectivity index is 3.13. The first-order valence-corrected chi connectivity index (χ1v) is 2.43. The summed E-state index contributed by atoms with van der Waals surface area (Å²) in [5.41, 5.74) is 0.157. The maximum atomic E-state index is 10.1. The van der Waals surface area contributed by atoms with E-state index in [0.717, 1.165) is 0 Å². The average molecular weight is 140 g/mol. The van der Waals surface area contributed by atoms with Gasteiger partial charge in [0.25, 0.3) is 0 Å². The highest BCUT2D eigenvalue weighted by Crippen LogP contribution is 2.10. The van der Waals surface area contributed by atoms with Gasteiger partial charge in [-0.05, 0) is 11.0 Å². The third-order valence-corrected chi connectivity index (χ3v) is 0.922. The SMILES string of the molecule is C=Cc1n[nH]nc1[N+](=O)[O-]. The lowest BCUT2D eigenvalue weighted by Crippen LogP contribution is -1.89. The van der Waals surface area contributed by atoms with Crippen LogP contribution < -0.4 is 0 Å². The highest BCUT2D eigenvalue weighted by molar-refractivity contribution is 5.50. The predicted octanol–water partition coefficient (Wildman–Crippen LogP) is 0.356. The topological polar surface area (TPSA) is 84.7 Å². The molecule has 1 aromatic heterocycles. The van der Waals surface area contributed by atoms with E-state index in [1.54, 1.807) is 0 Å². The molecule has 1 heterocycles. The summed E-state index contributed by atoms with van der Waals surface area (Å²) in [6.07, 6.45) is 1.27. The van der Waals surface area contributed by atoms with Crippen LogP contribution in [-0.4, -0.2) is 20.3 Å². The lowest BCUT2D eigenvalue weighted by molar-refractivity contribution is -0.389. The molecule has 0 bridgehead atoms. The minimum atomic E-state index is -0.624. The highest BCUT2D eigenvalue weighted by Gasteiger charge is 2.15. The van der Waals surface area contributed by atoms with E-state index in [-0.39, 0.29) is 11.5 Å². The molecule has 0 spiro atoms. The molecule has 52 valence electrons. The Hall–Kier alpha value is -1.72. The zero-order chi connectivity index (χ0) is 7.56. The second-order valence-electron chi connectivity index (χ2n) is 1.49. The van der Waals surface area contributed by atoms with Crippen LogP contribution in [0.4, 0.5) is 5.82 Å². The zero-order valence-electron chi connectivity index (χ0n) is 4.94. The van der Waals surface area contributed by atoms with Crippen molar-refractivity contribution in [3.8, 4) is 0 Å². The van der Waals surface area contributed by atoms with Gasteiger partial charge in [0.2, 0.25) is 0 Å². The molecular formula is C4H4N4O2. The van der Waals surface area contributed by atoms with Gasteiger partial charge in [-0.25, -0.2) is 0 Å². The van der Waals surface area contributed by atoms with Gasteiger partial charge >= 0.3 is 5.82 Å². The predicted molar refractivity (Wildman–Crippen MR) is 33.1 cm³/mol. The molecule has 0 radical (unpaired) electrons. The number of nitro groups is 1. The van der Waals surface area contributed by atoms with E-state index in [4.69, 9.17) is 0 Å². The third-order valence-electron chi connectivity index (χ3n) is 0.922. The summed E-state index contributed by atoms with van der Waals surface area (Å²) in [5, 5.41) is 18.9. The van der Waals surface area contributed by atoms with E-state index < -0.39 is 4.92 Å². The Bertz CT molecular complexity index is 266. The zero-order valence-corrected chi connectivity index (χ0v) is 4.94. The Kier molecular flexibility index (Phi) is 1.44. The second-order valence-corrected chi connectivity index (χ2v) is 1.49. The largest absolute Gasteiger partial charge is 0.417 e. The van der Waals surface area contributed by atoms with Gasteiger partial charge < -0.3 is 10.1 Å². The first-order chi connectivity index (χ1) is 4.75. The quantitative estimate of drug-likeness (QED) is 0.474. The summed E-state index contributed by atoms with van der Waals surface area (Å²) >= 11 is 0.